The first-order chi connectivity index (χ1) is 30.7. The third-order valence-electron chi connectivity index (χ3n) is 12.6. The molecule has 0 unspecified atom stereocenters. The van der Waals surface area contributed by atoms with Gasteiger partial charge in [-0.2, -0.15) is 0 Å². The zero-order chi connectivity index (χ0) is 40.7. The molecule has 13 rings (SSSR count). The molecule has 3 nitrogen and oxygen atoms in total. The summed E-state index contributed by atoms with van der Waals surface area (Å²) in [5.74, 6) is 0. The highest BCUT2D eigenvalue weighted by atomic mass is 32.1. The number of hydrogen-bond donors (Lipinski definition) is 0. The summed E-state index contributed by atoms with van der Waals surface area (Å²) in [6.45, 7) is 0. The van der Waals surface area contributed by atoms with Gasteiger partial charge in [0, 0.05) is 75.8 Å². The second-order valence-corrected chi connectivity index (χ2v) is 17.2. The molecule has 0 radical (unpaired) electrons. The fraction of sp³-hybridized carbons (Fsp3) is 0. The Morgan fingerprint density at radius 2 is 0.903 bits per heavy atom. The topological polar surface area (TPSA) is 10.9 Å². The molecular weight excluding hydrogens is 771 g/mol. The lowest BCUT2D eigenvalue weighted by Gasteiger charge is -2.30. The summed E-state index contributed by atoms with van der Waals surface area (Å²) < 4.78 is 5.08. The number of para-hydroxylation sites is 4. The molecule has 0 aliphatic carbocycles. The fourth-order valence-electron chi connectivity index (χ4n) is 9.93. The van der Waals surface area contributed by atoms with Crippen molar-refractivity contribution >= 4 is 115 Å². The molecule has 0 N–H and O–H groups in total. The molecule has 10 aromatic carbocycles. The molecule has 0 saturated heterocycles. The predicted molar refractivity (Wildman–Crippen MR) is 266 cm³/mol. The van der Waals surface area contributed by atoms with Crippen molar-refractivity contribution in [2.45, 2.75) is 0 Å². The molecule has 290 valence electrons. The quantitative estimate of drug-likeness (QED) is 0.117. The van der Waals surface area contributed by atoms with Crippen molar-refractivity contribution in [1.82, 2.24) is 4.40 Å². The van der Waals surface area contributed by atoms with Gasteiger partial charge in [0.15, 0.2) is 0 Å². The number of anilines is 6. The number of hydrogen-bond acceptors (Lipinski definition) is 3. The summed E-state index contributed by atoms with van der Waals surface area (Å²) in [6.07, 6.45) is 0. The van der Waals surface area contributed by atoms with Gasteiger partial charge < -0.3 is 14.2 Å². The van der Waals surface area contributed by atoms with Crippen molar-refractivity contribution in [3.05, 3.63) is 224 Å². The minimum Gasteiger partial charge on any atom is -0.310 e. The van der Waals surface area contributed by atoms with E-state index in [1.165, 1.54) is 69.0 Å². The Morgan fingerprint density at radius 3 is 1.63 bits per heavy atom. The average molecular weight is 808 g/mol. The Kier molecular flexibility index (Phi) is 7.78. The van der Waals surface area contributed by atoms with Crippen LogP contribution in [0.15, 0.2) is 224 Å². The minimum absolute atomic E-state index is 1.07. The van der Waals surface area contributed by atoms with Crippen molar-refractivity contribution in [1.29, 1.82) is 0 Å². The maximum Gasteiger partial charge on any atom is 0.0625 e. The first kappa shape index (κ1) is 34.9. The van der Waals surface area contributed by atoms with Crippen molar-refractivity contribution in [2.24, 2.45) is 0 Å². The van der Waals surface area contributed by atoms with Gasteiger partial charge >= 0.3 is 0 Å². The lowest BCUT2D eigenvalue weighted by Crippen LogP contribution is -2.13. The van der Waals surface area contributed by atoms with Crippen LogP contribution in [0.25, 0.3) is 80.2 Å². The molecule has 0 amide bonds. The van der Waals surface area contributed by atoms with Crippen molar-refractivity contribution in [3.8, 4) is 11.1 Å². The van der Waals surface area contributed by atoms with Crippen LogP contribution < -0.4 is 9.80 Å². The van der Waals surface area contributed by atoms with Crippen molar-refractivity contribution < 1.29 is 0 Å². The van der Waals surface area contributed by atoms with E-state index in [9.17, 15) is 0 Å². The van der Waals surface area contributed by atoms with Crippen molar-refractivity contribution in [2.75, 3.05) is 9.80 Å². The summed E-state index contributed by atoms with van der Waals surface area (Å²) in [5, 5.41) is 10.2. The van der Waals surface area contributed by atoms with E-state index in [0.717, 1.165) is 45.3 Å². The summed E-state index contributed by atoms with van der Waals surface area (Å²) in [4.78, 5) is 4.80. The second-order valence-electron chi connectivity index (χ2n) is 16.1. The maximum atomic E-state index is 2.49. The predicted octanol–water partition coefficient (Wildman–Crippen LogP) is 17.0. The number of fused-ring (bicyclic) bond motifs is 9. The van der Waals surface area contributed by atoms with Crippen LogP contribution in [-0.2, 0) is 0 Å². The van der Waals surface area contributed by atoms with E-state index in [0.29, 0.717) is 0 Å². The normalized spacial score (nSPS) is 11.9. The van der Waals surface area contributed by atoms with Gasteiger partial charge in [0.25, 0.3) is 0 Å². The minimum atomic E-state index is 1.07. The molecule has 4 heteroatoms. The standard InChI is InChI=1S/C58H37N3S/c1-4-16-41(17-5-1)59(42-18-6-2-7-19-42)45-33-40(34-46(36-45)60(43-20-8-3-9-21-43)44-29-32-56-52(37-44)48-23-11-13-26-55(48)62-56)39-28-31-54-51(35-39)50-30-27-38-15-14-24-49-47-22-10-12-25-53(47)61(54)58(50)57(38)49/h1-37H. The Hall–Kier alpha value is -7.92. The Bertz CT molecular complexity index is 3760. The van der Waals surface area contributed by atoms with Crippen LogP contribution in [0, 0.1) is 0 Å². The average Bonchev–Trinajstić information content (AvgIpc) is 3.88. The Morgan fingerprint density at radius 1 is 0.306 bits per heavy atom. The van der Waals surface area contributed by atoms with Crippen LogP contribution >= 0.6 is 11.3 Å². The first-order valence-corrected chi connectivity index (χ1v) is 22.0. The van der Waals surface area contributed by atoms with Crippen LogP contribution in [0.1, 0.15) is 0 Å². The smallest absolute Gasteiger partial charge is 0.0625 e. The third kappa shape index (κ3) is 5.37. The maximum absolute atomic E-state index is 2.49. The van der Waals surface area contributed by atoms with Gasteiger partial charge in [0.1, 0.15) is 0 Å². The Balaban J connectivity index is 1.09. The number of rotatable bonds is 7. The van der Waals surface area contributed by atoms with Crippen LogP contribution in [0.2, 0.25) is 0 Å². The van der Waals surface area contributed by atoms with Gasteiger partial charge in [-0.3, -0.25) is 0 Å². The second kappa shape index (κ2) is 13.8. The van der Waals surface area contributed by atoms with E-state index in [1.54, 1.807) is 0 Å². The number of nitrogens with zero attached hydrogens (tertiary/aromatic N) is 3. The molecule has 3 heterocycles. The number of thiophene rings is 1. The summed E-state index contributed by atoms with van der Waals surface area (Å²) in [6, 6.07) is 82.3. The highest BCUT2D eigenvalue weighted by molar-refractivity contribution is 7.25. The largest absolute Gasteiger partial charge is 0.310 e. The van der Waals surface area contributed by atoms with E-state index in [4.69, 9.17) is 0 Å². The summed E-state index contributed by atoms with van der Waals surface area (Å²) in [5.41, 5.74) is 12.6. The summed E-state index contributed by atoms with van der Waals surface area (Å²) >= 11 is 1.85. The lowest BCUT2D eigenvalue weighted by molar-refractivity contribution is 1.25. The molecule has 0 spiro atoms. The molecule has 0 bridgehead atoms. The lowest BCUT2D eigenvalue weighted by atomic mass is 9.97. The first-order valence-electron chi connectivity index (χ1n) is 21.2. The van der Waals surface area contributed by atoms with Crippen LogP contribution in [-0.4, -0.2) is 4.40 Å². The van der Waals surface area contributed by atoms with E-state index in [2.05, 4.69) is 239 Å². The summed E-state index contributed by atoms with van der Waals surface area (Å²) in [7, 11) is 0. The monoisotopic (exact) mass is 807 g/mol. The third-order valence-corrected chi connectivity index (χ3v) is 13.8. The zero-order valence-electron chi connectivity index (χ0n) is 33.6. The Labute approximate surface area is 362 Å². The molecule has 0 fully saturated rings. The molecule has 0 atom stereocenters. The van der Waals surface area contributed by atoms with Gasteiger partial charge in [-0.15, -0.1) is 11.3 Å². The fourth-order valence-corrected chi connectivity index (χ4v) is 11.0. The molecule has 62 heavy (non-hydrogen) atoms. The van der Waals surface area contributed by atoms with Gasteiger partial charge in [0.2, 0.25) is 0 Å². The van der Waals surface area contributed by atoms with Crippen LogP contribution in [0.5, 0.6) is 0 Å². The van der Waals surface area contributed by atoms with E-state index < -0.39 is 0 Å². The SMILES string of the molecule is c1ccc(N(c2ccccc2)c2cc(-c3ccc4c(c3)c3ccc5cccc6c7ccccc7n4c3c56)cc(N(c3ccccc3)c3ccc4sc5ccccc5c4c3)c2)cc1. The van der Waals surface area contributed by atoms with Crippen LogP contribution in [0.3, 0.4) is 0 Å². The molecule has 0 aliphatic rings. The van der Waals surface area contributed by atoms with E-state index >= 15 is 0 Å². The van der Waals surface area contributed by atoms with Gasteiger partial charge in [-0.25, -0.2) is 0 Å². The molecular formula is C58H37N3S. The number of pyridine rings is 1. The van der Waals surface area contributed by atoms with E-state index in [1.807, 2.05) is 11.3 Å². The number of aromatic nitrogens is 1. The van der Waals surface area contributed by atoms with Gasteiger partial charge in [-0.05, 0) is 119 Å². The number of benzene rings is 10. The molecule has 3 aromatic heterocycles. The molecule has 0 aliphatic heterocycles. The molecule has 13 aromatic rings. The molecule has 0 saturated carbocycles. The van der Waals surface area contributed by atoms with Gasteiger partial charge in [0.05, 0.1) is 16.6 Å². The zero-order valence-corrected chi connectivity index (χ0v) is 34.4. The van der Waals surface area contributed by atoms with Crippen LogP contribution in [0.4, 0.5) is 34.1 Å². The highest BCUT2D eigenvalue weighted by Crippen LogP contribution is 2.47. The van der Waals surface area contributed by atoms with E-state index in [-0.39, 0.29) is 0 Å². The highest BCUT2D eigenvalue weighted by Gasteiger charge is 2.22. The van der Waals surface area contributed by atoms with Crippen molar-refractivity contribution in [3.63, 3.8) is 0 Å². The van der Waals surface area contributed by atoms with Gasteiger partial charge in [-0.1, -0.05) is 127 Å².